The maximum absolute atomic E-state index is 14.0. The quantitative estimate of drug-likeness (QED) is 0.430. The van der Waals surface area contributed by atoms with Crippen LogP contribution < -0.4 is 10.6 Å². The van der Waals surface area contributed by atoms with Crippen LogP contribution in [0.3, 0.4) is 0 Å². The molecule has 36 heavy (non-hydrogen) atoms. The molecule has 0 bridgehead atoms. The van der Waals surface area contributed by atoms with Crippen molar-refractivity contribution in [3.05, 3.63) is 34.9 Å². The predicted octanol–water partition coefficient (Wildman–Crippen LogP) is 3.27. The van der Waals surface area contributed by atoms with Gasteiger partial charge in [-0.2, -0.15) is 11.8 Å². The Morgan fingerprint density at radius 3 is 2.36 bits per heavy atom. The third-order valence-electron chi connectivity index (χ3n) is 5.68. The first-order valence-electron chi connectivity index (χ1n) is 12.1. The number of nitrogens with one attached hydrogen (secondary N) is 2. The van der Waals surface area contributed by atoms with Crippen molar-refractivity contribution in [1.29, 1.82) is 0 Å². The number of thioether (sulfide) groups is 1. The third kappa shape index (κ3) is 8.72. The second-order valence-corrected chi connectivity index (χ2v) is 11.0. The van der Waals surface area contributed by atoms with Gasteiger partial charge in [-0.1, -0.05) is 23.8 Å². The summed E-state index contributed by atoms with van der Waals surface area (Å²) in [4.78, 5) is 53.4. The number of hydrogen-bond acceptors (Lipinski definition) is 7. The SMILES string of the molecule is COC(=O)CNC(=O)C(c1ccc(C)cc1C)N(C(=O)C(CCSC)NC(=O)OC(C)(C)C)C1CC1. The molecular formula is C26H39N3O6S. The number of amides is 3. The standard InChI is InChI=1S/C26H39N3O6S/c1-16-8-11-19(17(2)14-16)22(23(31)27-15-21(30)34-6)29(18-9-10-18)24(32)20(12-13-36-7)28-25(33)35-26(3,4)5/h8,11,14,18,20,22H,9-10,12-13,15H2,1-7H3,(H,27,31)(H,28,33). The Morgan fingerprint density at radius 2 is 1.83 bits per heavy atom. The minimum absolute atomic E-state index is 0.149. The van der Waals surface area contributed by atoms with E-state index >= 15 is 0 Å². The smallest absolute Gasteiger partial charge is 0.408 e. The lowest BCUT2D eigenvalue weighted by Gasteiger charge is -2.35. The summed E-state index contributed by atoms with van der Waals surface area (Å²) in [6.07, 6.45) is 3.12. The van der Waals surface area contributed by atoms with Gasteiger partial charge in [-0.25, -0.2) is 4.79 Å². The second-order valence-electron chi connectivity index (χ2n) is 10.0. The lowest BCUT2D eigenvalue weighted by molar-refractivity contribution is -0.145. The first kappa shape index (κ1) is 29.5. The molecule has 1 saturated carbocycles. The van der Waals surface area contributed by atoms with E-state index in [0.717, 1.165) is 24.0 Å². The van der Waals surface area contributed by atoms with Gasteiger partial charge in [0.1, 0.15) is 24.2 Å². The van der Waals surface area contributed by atoms with E-state index in [1.807, 2.05) is 38.3 Å². The molecule has 1 aromatic rings. The molecule has 0 spiro atoms. The number of rotatable bonds is 11. The van der Waals surface area contributed by atoms with Crippen LogP contribution in [0, 0.1) is 13.8 Å². The van der Waals surface area contributed by atoms with E-state index in [4.69, 9.17) is 4.74 Å². The molecule has 2 atom stereocenters. The number of hydrogen-bond donors (Lipinski definition) is 2. The third-order valence-corrected chi connectivity index (χ3v) is 6.32. The highest BCUT2D eigenvalue weighted by Crippen LogP contribution is 2.37. The van der Waals surface area contributed by atoms with Gasteiger partial charge in [0, 0.05) is 6.04 Å². The summed E-state index contributed by atoms with van der Waals surface area (Å²) < 4.78 is 10.1. The average molecular weight is 522 g/mol. The molecule has 2 rings (SSSR count). The monoisotopic (exact) mass is 521 g/mol. The van der Waals surface area contributed by atoms with Crippen molar-refractivity contribution < 1.29 is 28.7 Å². The lowest BCUT2D eigenvalue weighted by Crippen LogP contribution is -2.54. The molecule has 0 heterocycles. The minimum Gasteiger partial charge on any atom is -0.468 e. The van der Waals surface area contributed by atoms with E-state index in [1.54, 1.807) is 37.4 Å². The second kappa shape index (κ2) is 13.0. The van der Waals surface area contributed by atoms with Crippen LogP contribution in [-0.4, -0.2) is 72.1 Å². The van der Waals surface area contributed by atoms with Crippen molar-refractivity contribution in [2.24, 2.45) is 0 Å². The Morgan fingerprint density at radius 1 is 1.17 bits per heavy atom. The van der Waals surface area contributed by atoms with Crippen LogP contribution in [0.15, 0.2) is 18.2 Å². The van der Waals surface area contributed by atoms with Crippen molar-refractivity contribution >= 4 is 35.6 Å². The van der Waals surface area contributed by atoms with Gasteiger partial charge in [0.15, 0.2) is 0 Å². The molecule has 0 radical (unpaired) electrons. The Bertz CT molecular complexity index is 957. The van der Waals surface area contributed by atoms with Crippen LogP contribution >= 0.6 is 11.8 Å². The number of nitrogens with zero attached hydrogens (tertiary/aromatic N) is 1. The fourth-order valence-electron chi connectivity index (χ4n) is 3.87. The first-order chi connectivity index (χ1) is 16.9. The van der Waals surface area contributed by atoms with Crippen molar-refractivity contribution in [3.8, 4) is 0 Å². The molecule has 1 aliphatic carbocycles. The molecule has 2 N–H and O–H groups in total. The summed E-state index contributed by atoms with van der Waals surface area (Å²) >= 11 is 1.56. The fraction of sp³-hybridized carbons (Fsp3) is 0.615. The Balaban J connectivity index is 2.45. The normalized spacial score (nSPS) is 14.9. The van der Waals surface area contributed by atoms with Crippen LogP contribution in [0.4, 0.5) is 4.79 Å². The molecule has 0 aliphatic heterocycles. The molecule has 3 amide bonds. The van der Waals surface area contributed by atoms with E-state index in [0.29, 0.717) is 17.7 Å². The van der Waals surface area contributed by atoms with E-state index in [9.17, 15) is 19.2 Å². The Hall–Kier alpha value is -2.75. The number of alkyl carbamates (subject to hydrolysis) is 1. The molecule has 0 aromatic heterocycles. The van der Waals surface area contributed by atoms with Gasteiger partial charge in [-0.3, -0.25) is 14.4 Å². The number of esters is 1. The van der Waals surface area contributed by atoms with Gasteiger partial charge < -0.3 is 25.0 Å². The van der Waals surface area contributed by atoms with Crippen molar-refractivity contribution in [2.45, 2.75) is 77.6 Å². The largest absolute Gasteiger partial charge is 0.468 e. The topological polar surface area (TPSA) is 114 Å². The maximum atomic E-state index is 14.0. The number of ether oxygens (including phenoxy) is 2. The maximum Gasteiger partial charge on any atom is 0.408 e. The molecule has 1 aromatic carbocycles. The zero-order valence-electron chi connectivity index (χ0n) is 22.3. The Kier molecular flexibility index (Phi) is 10.6. The number of carbonyl (C=O) groups is 4. The van der Waals surface area contributed by atoms with Crippen molar-refractivity contribution in [2.75, 3.05) is 25.7 Å². The molecule has 9 nitrogen and oxygen atoms in total. The highest BCUT2D eigenvalue weighted by molar-refractivity contribution is 7.98. The summed E-state index contributed by atoms with van der Waals surface area (Å²) in [5.41, 5.74) is 1.83. The van der Waals surface area contributed by atoms with Gasteiger partial charge in [-0.05, 0) is 77.0 Å². The molecule has 1 fully saturated rings. The van der Waals surface area contributed by atoms with E-state index < -0.39 is 35.7 Å². The molecule has 0 saturated heterocycles. The highest BCUT2D eigenvalue weighted by Gasteiger charge is 2.44. The average Bonchev–Trinajstić information content (AvgIpc) is 3.62. The van der Waals surface area contributed by atoms with Crippen LogP contribution in [0.1, 0.15) is 62.8 Å². The summed E-state index contributed by atoms with van der Waals surface area (Å²) in [5, 5.41) is 5.35. The fourth-order valence-corrected chi connectivity index (χ4v) is 4.34. The minimum atomic E-state index is -0.965. The predicted molar refractivity (Wildman–Crippen MR) is 140 cm³/mol. The van der Waals surface area contributed by atoms with Gasteiger partial charge in [0.05, 0.1) is 7.11 Å². The van der Waals surface area contributed by atoms with Gasteiger partial charge in [0.25, 0.3) is 0 Å². The highest BCUT2D eigenvalue weighted by atomic mass is 32.2. The first-order valence-corrected chi connectivity index (χ1v) is 13.5. The zero-order chi connectivity index (χ0) is 27.0. The number of carbonyl (C=O) groups excluding carboxylic acids is 4. The van der Waals surface area contributed by atoms with Crippen molar-refractivity contribution in [3.63, 3.8) is 0 Å². The van der Waals surface area contributed by atoms with Crippen LogP contribution in [0.2, 0.25) is 0 Å². The van der Waals surface area contributed by atoms with Crippen LogP contribution in [0.25, 0.3) is 0 Å². The van der Waals surface area contributed by atoms with Gasteiger partial charge >= 0.3 is 12.1 Å². The summed E-state index contributed by atoms with van der Waals surface area (Å²) in [6.45, 7) is 8.80. The van der Waals surface area contributed by atoms with Gasteiger partial charge in [0.2, 0.25) is 11.8 Å². The molecule has 200 valence electrons. The van der Waals surface area contributed by atoms with E-state index in [1.165, 1.54) is 7.11 Å². The molecule has 10 heteroatoms. The lowest BCUT2D eigenvalue weighted by atomic mass is 9.96. The summed E-state index contributed by atoms with van der Waals surface area (Å²) in [5.74, 6) is -0.784. The summed E-state index contributed by atoms with van der Waals surface area (Å²) in [6, 6.07) is 3.71. The summed E-state index contributed by atoms with van der Waals surface area (Å²) in [7, 11) is 1.24. The number of aryl methyl sites for hydroxylation is 2. The van der Waals surface area contributed by atoms with E-state index in [-0.39, 0.29) is 18.5 Å². The van der Waals surface area contributed by atoms with Crippen LogP contribution in [-0.2, 0) is 23.9 Å². The molecular weight excluding hydrogens is 482 g/mol. The zero-order valence-corrected chi connectivity index (χ0v) is 23.1. The Labute approximate surface area is 218 Å². The molecule has 1 aliphatic rings. The van der Waals surface area contributed by atoms with Crippen molar-refractivity contribution in [1.82, 2.24) is 15.5 Å². The molecule has 2 unspecified atom stereocenters. The number of benzene rings is 1. The van der Waals surface area contributed by atoms with Gasteiger partial charge in [-0.15, -0.1) is 0 Å². The van der Waals surface area contributed by atoms with E-state index in [2.05, 4.69) is 15.4 Å². The van der Waals surface area contributed by atoms with Crippen LogP contribution in [0.5, 0.6) is 0 Å². The number of methoxy groups -OCH3 is 1.